The minimum atomic E-state index is -3.71. The average molecular weight is 368 g/mol. The van der Waals surface area contributed by atoms with Crippen LogP contribution in [0.25, 0.3) is 0 Å². The first-order valence-corrected chi connectivity index (χ1v) is 10.2. The Morgan fingerprint density at radius 1 is 1.08 bits per heavy atom. The number of hydrazone groups is 1. The topological polar surface area (TPSA) is 84.8 Å². The van der Waals surface area contributed by atoms with Gasteiger partial charge in [-0.05, 0) is 45.2 Å². The highest BCUT2D eigenvalue weighted by Crippen LogP contribution is 2.11. The van der Waals surface area contributed by atoms with Gasteiger partial charge in [-0.3, -0.25) is 4.79 Å². The number of sulfonamides is 1. The summed E-state index contributed by atoms with van der Waals surface area (Å²) in [6, 6.07) is 6.56. The standard InChI is InChI=1S/C18H28N2O4S/c1-4-6-7-8-16(11-14-18(21)24-5-2)19-20-25(22,23)17-12-9-15(3)10-13-17/h9-10,12-13,20H,4-8,11,14H2,1-3H3. The number of hydrogen-bond donors (Lipinski definition) is 1. The molecule has 0 amide bonds. The van der Waals surface area contributed by atoms with Crippen LogP contribution in [0.3, 0.4) is 0 Å². The Balaban J connectivity index is 2.77. The molecule has 0 bridgehead atoms. The zero-order valence-corrected chi connectivity index (χ0v) is 16.1. The maximum absolute atomic E-state index is 12.3. The predicted molar refractivity (Wildman–Crippen MR) is 98.9 cm³/mol. The van der Waals surface area contributed by atoms with Crippen LogP contribution in [-0.2, 0) is 19.6 Å². The lowest BCUT2D eigenvalue weighted by molar-refractivity contribution is -0.142. The van der Waals surface area contributed by atoms with Crippen molar-refractivity contribution in [3.8, 4) is 0 Å². The van der Waals surface area contributed by atoms with Crippen molar-refractivity contribution >= 4 is 21.7 Å². The van der Waals surface area contributed by atoms with Crippen molar-refractivity contribution in [3.05, 3.63) is 29.8 Å². The summed E-state index contributed by atoms with van der Waals surface area (Å²) >= 11 is 0. The lowest BCUT2D eigenvalue weighted by Gasteiger charge is -2.09. The zero-order valence-electron chi connectivity index (χ0n) is 15.2. The molecule has 0 saturated carbocycles. The van der Waals surface area contributed by atoms with E-state index in [1.54, 1.807) is 31.2 Å². The number of nitrogens with one attached hydrogen (secondary N) is 1. The van der Waals surface area contributed by atoms with Gasteiger partial charge >= 0.3 is 5.97 Å². The first kappa shape index (κ1) is 21.2. The number of ether oxygens (including phenoxy) is 1. The third kappa shape index (κ3) is 8.16. The minimum absolute atomic E-state index is 0.167. The van der Waals surface area contributed by atoms with Gasteiger partial charge < -0.3 is 4.74 Å². The van der Waals surface area contributed by atoms with Crippen LogP contribution < -0.4 is 4.83 Å². The fourth-order valence-corrected chi connectivity index (χ4v) is 3.04. The fraction of sp³-hybridized carbons (Fsp3) is 0.556. The van der Waals surface area contributed by atoms with Gasteiger partial charge in [-0.1, -0.05) is 37.5 Å². The summed E-state index contributed by atoms with van der Waals surface area (Å²) in [4.78, 5) is 14.0. The lowest BCUT2D eigenvalue weighted by atomic mass is 10.1. The number of hydrogen-bond acceptors (Lipinski definition) is 5. The molecule has 0 aliphatic rings. The molecule has 0 radical (unpaired) electrons. The molecule has 0 atom stereocenters. The Kier molecular flexibility index (Phi) is 9.20. The largest absolute Gasteiger partial charge is 0.466 e. The highest BCUT2D eigenvalue weighted by Gasteiger charge is 2.13. The van der Waals surface area contributed by atoms with Crippen LogP contribution >= 0.6 is 0 Å². The van der Waals surface area contributed by atoms with Crippen molar-refractivity contribution in [2.75, 3.05) is 6.61 Å². The quantitative estimate of drug-likeness (QED) is 0.280. The monoisotopic (exact) mass is 368 g/mol. The van der Waals surface area contributed by atoms with Crippen LogP contribution in [0.4, 0.5) is 0 Å². The molecule has 25 heavy (non-hydrogen) atoms. The molecule has 0 aliphatic carbocycles. The van der Waals surface area contributed by atoms with Crippen LogP contribution in [0, 0.1) is 6.92 Å². The van der Waals surface area contributed by atoms with Gasteiger partial charge in [0.25, 0.3) is 10.0 Å². The van der Waals surface area contributed by atoms with Gasteiger partial charge in [-0.2, -0.15) is 13.5 Å². The number of benzene rings is 1. The van der Waals surface area contributed by atoms with E-state index in [2.05, 4.69) is 16.9 Å². The highest BCUT2D eigenvalue weighted by atomic mass is 32.2. The number of carbonyl (C=O) groups excluding carboxylic acids is 1. The predicted octanol–water partition coefficient (Wildman–Crippen LogP) is 3.55. The smallest absolute Gasteiger partial charge is 0.306 e. The fourth-order valence-electron chi connectivity index (χ4n) is 2.19. The van der Waals surface area contributed by atoms with E-state index in [1.807, 2.05) is 6.92 Å². The van der Waals surface area contributed by atoms with Gasteiger partial charge in [0.15, 0.2) is 0 Å². The van der Waals surface area contributed by atoms with Crippen molar-refractivity contribution in [1.82, 2.24) is 4.83 Å². The van der Waals surface area contributed by atoms with E-state index < -0.39 is 10.0 Å². The molecule has 0 aromatic heterocycles. The van der Waals surface area contributed by atoms with Gasteiger partial charge in [0.05, 0.1) is 17.9 Å². The first-order chi connectivity index (χ1) is 11.9. The summed E-state index contributed by atoms with van der Waals surface area (Å²) in [7, 11) is -3.71. The average Bonchev–Trinajstić information content (AvgIpc) is 2.57. The minimum Gasteiger partial charge on any atom is -0.466 e. The molecule has 0 saturated heterocycles. The molecule has 140 valence electrons. The summed E-state index contributed by atoms with van der Waals surface area (Å²) in [6.07, 6.45) is 4.24. The summed E-state index contributed by atoms with van der Waals surface area (Å²) in [5.41, 5.74) is 1.65. The molecular formula is C18H28N2O4S. The number of aryl methyl sites for hydroxylation is 1. The molecule has 1 rings (SSSR count). The van der Waals surface area contributed by atoms with E-state index in [0.717, 1.165) is 24.8 Å². The Hall–Kier alpha value is -1.89. The van der Waals surface area contributed by atoms with Gasteiger partial charge in [0, 0.05) is 5.71 Å². The third-order valence-corrected chi connectivity index (χ3v) is 4.87. The Labute approximate surface area is 150 Å². The molecule has 1 aromatic rings. The molecule has 6 nitrogen and oxygen atoms in total. The maximum Gasteiger partial charge on any atom is 0.306 e. The van der Waals surface area contributed by atoms with Crippen molar-refractivity contribution in [3.63, 3.8) is 0 Å². The number of esters is 1. The number of unbranched alkanes of at least 4 members (excludes halogenated alkanes) is 2. The summed E-state index contributed by atoms with van der Waals surface area (Å²) in [5, 5.41) is 4.07. The maximum atomic E-state index is 12.3. The second kappa shape index (κ2) is 10.9. The highest BCUT2D eigenvalue weighted by molar-refractivity contribution is 7.89. The summed E-state index contributed by atoms with van der Waals surface area (Å²) in [6.45, 7) is 6.07. The van der Waals surface area contributed by atoms with Crippen molar-refractivity contribution in [2.45, 2.75) is 64.2 Å². The van der Waals surface area contributed by atoms with E-state index in [-0.39, 0.29) is 17.3 Å². The second-order valence-corrected chi connectivity index (χ2v) is 7.51. The first-order valence-electron chi connectivity index (χ1n) is 8.68. The number of rotatable bonds is 11. The summed E-state index contributed by atoms with van der Waals surface area (Å²) in [5.74, 6) is -0.299. The molecule has 0 fully saturated rings. The Morgan fingerprint density at radius 2 is 1.76 bits per heavy atom. The number of nitrogens with zero attached hydrogens (tertiary/aromatic N) is 1. The van der Waals surface area contributed by atoms with Gasteiger partial charge in [-0.25, -0.2) is 4.83 Å². The molecule has 0 heterocycles. The van der Waals surface area contributed by atoms with Crippen LogP contribution in [-0.4, -0.2) is 26.7 Å². The van der Waals surface area contributed by atoms with E-state index in [9.17, 15) is 13.2 Å². The Morgan fingerprint density at radius 3 is 2.36 bits per heavy atom. The van der Waals surface area contributed by atoms with E-state index in [4.69, 9.17) is 4.74 Å². The molecule has 7 heteroatoms. The lowest BCUT2D eigenvalue weighted by Crippen LogP contribution is -2.21. The summed E-state index contributed by atoms with van der Waals surface area (Å²) < 4.78 is 29.5. The second-order valence-electron chi connectivity index (χ2n) is 5.85. The van der Waals surface area contributed by atoms with Gasteiger partial charge in [0.2, 0.25) is 0 Å². The number of carbonyl (C=O) groups is 1. The third-order valence-electron chi connectivity index (χ3n) is 3.65. The molecular weight excluding hydrogens is 340 g/mol. The molecule has 0 unspecified atom stereocenters. The van der Waals surface area contributed by atoms with Gasteiger partial charge in [0.1, 0.15) is 0 Å². The van der Waals surface area contributed by atoms with Crippen LogP contribution in [0.15, 0.2) is 34.3 Å². The van der Waals surface area contributed by atoms with Crippen LogP contribution in [0.1, 0.15) is 57.9 Å². The molecule has 0 aliphatic heterocycles. The van der Waals surface area contributed by atoms with Crippen molar-refractivity contribution in [2.24, 2.45) is 5.10 Å². The normalized spacial score (nSPS) is 12.0. The van der Waals surface area contributed by atoms with E-state index >= 15 is 0 Å². The van der Waals surface area contributed by atoms with E-state index in [0.29, 0.717) is 25.2 Å². The van der Waals surface area contributed by atoms with Crippen molar-refractivity contribution in [1.29, 1.82) is 0 Å². The van der Waals surface area contributed by atoms with Crippen molar-refractivity contribution < 1.29 is 17.9 Å². The van der Waals surface area contributed by atoms with E-state index in [1.165, 1.54) is 0 Å². The molecule has 1 aromatic carbocycles. The van der Waals surface area contributed by atoms with Crippen LogP contribution in [0.2, 0.25) is 0 Å². The zero-order chi connectivity index (χ0) is 18.7. The molecule has 0 spiro atoms. The molecule has 1 N–H and O–H groups in total. The Bertz CT molecular complexity index is 667. The SMILES string of the molecule is CCCCCC(CCC(=O)OCC)=NNS(=O)(=O)c1ccc(C)cc1. The van der Waals surface area contributed by atoms with Crippen LogP contribution in [0.5, 0.6) is 0 Å². The van der Waals surface area contributed by atoms with Gasteiger partial charge in [-0.15, -0.1) is 0 Å².